The van der Waals surface area contributed by atoms with Crippen LogP contribution < -0.4 is 5.56 Å². The Labute approximate surface area is 146 Å². The van der Waals surface area contributed by atoms with Gasteiger partial charge < -0.3 is 9.13 Å². The third kappa shape index (κ3) is 2.74. The lowest BCUT2D eigenvalue weighted by Gasteiger charge is -2.12. The number of para-hydroxylation sites is 1. The van der Waals surface area contributed by atoms with Crippen molar-refractivity contribution in [2.75, 3.05) is 0 Å². The Morgan fingerprint density at radius 3 is 2.56 bits per heavy atom. The van der Waals surface area contributed by atoms with E-state index in [1.54, 1.807) is 6.33 Å². The van der Waals surface area contributed by atoms with Gasteiger partial charge in [-0.15, -0.1) is 0 Å². The molecule has 0 N–H and O–H groups in total. The average molecular weight is 331 g/mol. The van der Waals surface area contributed by atoms with Crippen molar-refractivity contribution in [3.63, 3.8) is 0 Å². The molecule has 0 amide bonds. The third-order valence-electron chi connectivity index (χ3n) is 4.67. The second-order valence-corrected chi connectivity index (χ2v) is 6.38. The van der Waals surface area contributed by atoms with Crippen molar-refractivity contribution < 1.29 is 0 Å². The van der Waals surface area contributed by atoms with E-state index >= 15 is 0 Å². The number of fused-ring (bicyclic) bond motifs is 3. The molecule has 0 atom stereocenters. The van der Waals surface area contributed by atoms with Crippen LogP contribution in [-0.4, -0.2) is 14.1 Å². The highest BCUT2D eigenvalue weighted by molar-refractivity contribution is 6.02. The second kappa shape index (κ2) is 6.55. The van der Waals surface area contributed by atoms with E-state index in [1.165, 1.54) is 5.56 Å². The zero-order valence-electron chi connectivity index (χ0n) is 14.4. The molecule has 0 spiro atoms. The van der Waals surface area contributed by atoms with E-state index in [0.29, 0.717) is 12.1 Å². The number of imidazole rings is 1. The zero-order chi connectivity index (χ0) is 17.2. The first-order chi connectivity index (χ1) is 12.3. The molecule has 4 rings (SSSR count). The summed E-state index contributed by atoms with van der Waals surface area (Å²) in [4.78, 5) is 17.5. The summed E-state index contributed by atoms with van der Waals surface area (Å²) in [6.07, 6.45) is 3.83. The molecular weight excluding hydrogens is 310 g/mol. The SMILES string of the molecule is CCCCn1c(=O)c2ncn(Cc3ccccc3)c2c2ccccc21. The molecule has 4 heteroatoms. The molecule has 2 heterocycles. The fourth-order valence-electron chi connectivity index (χ4n) is 3.41. The van der Waals surface area contributed by atoms with Crippen LogP contribution >= 0.6 is 0 Å². The summed E-state index contributed by atoms with van der Waals surface area (Å²) < 4.78 is 3.96. The Morgan fingerprint density at radius 2 is 1.76 bits per heavy atom. The van der Waals surface area contributed by atoms with Crippen LogP contribution in [-0.2, 0) is 13.1 Å². The van der Waals surface area contributed by atoms with Gasteiger partial charge in [0.2, 0.25) is 0 Å². The first-order valence-corrected chi connectivity index (χ1v) is 8.80. The molecule has 0 aliphatic heterocycles. The molecule has 4 nitrogen and oxygen atoms in total. The average Bonchev–Trinajstić information content (AvgIpc) is 3.07. The quantitative estimate of drug-likeness (QED) is 0.550. The Balaban J connectivity index is 1.96. The van der Waals surface area contributed by atoms with Crippen LogP contribution in [0, 0.1) is 0 Å². The van der Waals surface area contributed by atoms with Crippen molar-refractivity contribution in [3.8, 4) is 0 Å². The number of pyridine rings is 1. The van der Waals surface area contributed by atoms with Gasteiger partial charge in [0, 0.05) is 18.5 Å². The number of hydrogen-bond donors (Lipinski definition) is 0. The summed E-state index contributed by atoms with van der Waals surface area (Å²) in [7, 11) is 0. The van der Waals surface area contributed by atoms with Gasteiger partial charge in [-0.3, -0.25) is 4.79 Å². The van der Waals surface area contributed by atoms with Gasteiger partial charge in [0.25, 0.3) is 5.56 Å². The molecule has 2 aromatic carbocycles. The van der Waals surface area contributed by atoms with Crippen molar-refractivity contribution in [2.45, 2.75) is 32.9 Å². The predicted octanol–water partition coefficient (Wildman–Crippen LogP) is 4.20. The summed E-state index contributed by atoms with van der Waals surface area (Å²) in [6, 6.07) is 18.4. The fourth-order valence-corrected chi connectivity index (χ4v) is 3.41. The third-order valence-corrected chi connectivity index (χ3v) is 4.67. The molecule has 0 fully saturated rings. The van der Waals surface area contributed by atoms with Gasteiger partial charge in [-0.05, 0) is 18.1 Å². The van der Waals surface area contributed by atoms with Crippen molar-refractivity contribution in [1.82, 2.24) is 14.1 Å². The topological polar surface area (TPSA) is 39.8 Å². The monoisotopic (exact) mass is 331 g/mol. The molecule has 0 unspecified atom stereocenters. The highest BCUT2D eigenvalue weighted by atomic mass is 16.1. The minimum absolute atomic E-state index is 0.00830. The molecule has 25 heavy (non-hydrogen) atoms. The van der Waals surface area contributed by atoms with Crippen LogP contribution in [0.3, 0.4) is 0 Å². The minimum atomic E-state index is 0.00830. The van der Waals surface area contributed by atoms with Crippen molar-refractivity contribution in [3.05, 3.63) is 76.8 Å². The first-order valence-electron chi connectivity index (χ1n) is 8.80. The highest BCUT2D eigenvalue weighted by Gasteiger charge is 2.15. The highest BCUT2D eigenvalue weighted by Crippen LogP contribution is 2.23. The van der Waals surface area contributed by atoms with E-state index in [-0.39, 0.29) is 5.56 Å². The van der Waals surface area contributed by atoms with Crippen molar-refractivity contribution in [1.29, 1.82) is 0 Å². The van der Waals surface area contributed by atoms with Gasteiger partial charge in [0.15, 0.2) is 5.52 Å². The minimum Gasteiger partial charge on any atom is -0.325 e. The lowest BCUT2D eigenvalue weighted by molar-refractivity contribution is 0.634. The van der Waals surface area contributed by atoms with E-state index in [0.717, 1.165) is 35.8 Å². The maximum atomic E-state index is 13.0. The normalized spacial score (nSPS) is 11.4. The second-order valence-electron chi connectivity index (χ2n) is 6.38. The summed E-state index contributed by atoms with van der Waals surface area (Å²) >= 11 is 0. The maximum absolute atomic E-state index is 13.0. The number of hydrogen-bond acceptors (Lipinski definition) is 2. The fraction of sp³-hybridized carbons (Fsp3) is 0.238. The van der Waals surface area contributed by atoms with Gasteiger partial charge in [0.05, 0.1) is 17.4 Å². The van der Waals surface area contributed by atoms with Crippen molar-refractivity contribution in [2.24, 2.45) is 0 Å². The van der Waals surface area contributed by atoms with Gasteiger partial charge in [-0.1, -0.05) is 61.9 Å². The number of nitrogens with zero attached hydrogens (tertiary/aromatic N) is 3. The molecule has 0 saturated heterocycles. The van der Waals surface area contributed by atoms with E-state index in [9.17, 15) is 4.79 Å². The largest absolute Gasteiger partial charge is 0.325 e. The Kier molecular flexibility index (Phi) is 4.10. The van der Waals surface area contributed by atoms with Gasteiger partial charge in [-0.2, -0.15) is 0 Å². The molecule has 0 radical (unpaired) electrons. The van der Waals surface area contributed by atoms with Gasteiger partial charge in [0.1, 0.15) is 0 Å². The number of benzene rings is 2. The summed E-state index contributed by atoms with van der Waals surface area (Å²) in [5.74, 6) is 0. The zero-order valence-corrected chi connectivity index (χ0v) is 14.4. The summed E-state index contributed by atoms with van der Waals surface area (Å²) in [6.45, 7) is 3.58. The molecule has 0 aliphatic rings. The van der Waals surface area contributed by atoms with E-state index in [2.05, 4.69) is 34.7 Å². The molecule has 126 valence electrons. The molecule has 0 saturated carbocycles. The number of rotatable bonds is 5. The number of aromatic nitrogens is 3. The molecule has 2 aromatic heterocycles. The predicted molar refractivity (Wildman–Crippen MR) is 102 cm³/mol. The lowest BCUT2D eigenvalue weighted by atomic mass is 10.1. The molecule has 0 aliphatic carbocycles. The Bertz CT molecular complexity index is 1080. The number of aryl methyl sites for hydroxylation is 1. The molecular formula is C21H21N3O. The number of unbranched alkanes of at least 4 members (excludes halogenated alkanes) is 1. The Morgan fingerprint density at radius 1 is 1.00 bits per heavy atom. The van der Waals surface area contributed by atoms with E-state index in [1.807, 2.05) is 41.0 Å². The lowest BCUT2D eigenvalue weighted by Crippen LogP contribution is -2.21. The van der Waals surface area contributed by atoms with Crippen LogP contribution in [0.25, 0.3) is 21.9 Å². The van der Waals surface area contributed by atoms with Gasteiger partial charge >= 0.3 is 0 Å². The van der Waals surface area contributed by atoms with E-state index in [4.69, 9.17) is 0 Å². The Hall–Kier alpha value is -2.88. The van der Waals surface area contributed by atoms with E-state index < -0.39 is 0 Å². The smallest absolute Gasteiger partial charge is 0.279 e. The van der Waals surface area contributed by atoms with Crippen LogP contribution in [0.4, 0.5) is 0 Å². The van der Waals surface area contributed by atoms with Crippen molar-refractivity contribution >= 4 is 21.9 Å². The van der Waals surface area contributed by atoms with Crippen LogP contribution in [0.5, 0.6) is 0 Å². The maximum Gasteiger partial charge on any atom is 0.279 e. The van der Waals surface area contributed by atoms with Crippen LogP contribution in [0.15, 0.2) is 65.7 Å². The van der Waals surface area contributed by atoms with Crippen LogP contribution in [0.2, 0.25) is 0 Å². The van der Waals surface area contributed by atoms with Gasteiger partial charge in [-0.25, -0.2) is 4.98 Å². The first kappa shape index (κ1) is 15.6. The molecule has 4 aromatic rings. The molecule has 0 bridgehead atoms. The van der Waals surface area contributed by atoms with Crippen LogP contribution in [0.1, 0.15) is 25.3 Å². The summed E-state index contributed by atoms with van der Waals surface area (Å²) in [5, 5.41) is 1.08. The summed E-state index contributed by atoms with van der Waals surface area (Å²) in [5.41, 5.74) is 3.68. The standard InChI is InChI=1S/C21H21N3O/c1-2-3-13-24-18-12-8-7-11-17(18)20-19(21(24)25)22-15-23(20)14-16-9-5-4-6-10-16/h4-12,15H,2-3,13-14H2,1H3.